The minimum absolute atomic E-state index is 0.0588. The first kappa shape index (κ1) is 20.0. The predicted octanol–water partition coefficient (Wildman–Crippen LogP) is 2.62. The van der Waals surface area contributed by atoms with Gasteiger partial charge in [-0.2, -0.15) is 5.10 Å². The van der Waals surface area contributed by atoms with Gasteiger partial charge in [-0.3, -0.25) is 4.79 Å². The Morgan fingerprint density at radius 1 is 0.967 bits per heavy atom. The standard InChI is InChI=1S/C22H25FN6O/c1-15-12-16(2)29(26-15)21-14-20(24-17(3)25-21)27-8-10-28(11-9-27)22(30)13-18-4-6-19(23)7-5-18/h4-7,12,14H,8-11,13H2,1-3H3. The fraction of sp³-hybridized carbons (Fsp3) is 0.364. The topological polar surface area (TPSA) is 67.2 Å². The van der Waals surface area contributed by atoms with Crippen molar-refractivity contribution in [3.63, 3.8) is 0 Å². The second-order valence-electron chi connectivity index (χ2n) is 7.64. The summed E-state index contributed by atoms with van der Waals surface area (Å²) >= 11 is 0. The van der Waals surface area contributed by atoms with Crippen LogP contribution in [0.2, 0.25) is 0 Å². The van der Waals surface area contributed by atoms with Gasteiger partial charge in [0.25, 0.3) is 0 Å². The van der Waals surface area contributed by atoms with Crippen molar-refractivity contribution in [2.24, 2.45) is 0 Å². The molecule has 0 saturated carbocycles. The molecule has 3 aromatic rings. The predicted molar refractivity (Wildman–Crippen MR) is 112 cm³/mol. The first-order valence-electron chi connectivity index (χ1n) is 10.1. The highest BCUT2D eigenvalue weighted by Crippen LogP contribution is 2.19. The van der Waals surface area contributed by atoms with Crippen LogP contribution in [0.25, 0.3) is 5.82 Å². The summed E-state index contributed by atoms with van der Waals surface area (Å²) in [6.07, 6.45) is 0.287. The molecule has 4 rings (SSSR count). The van der Waals surface area contributed by atoms with Gasteiger partial charge in [0.2, 0.25) is 5.91 Å². The molecule has 1 amide bonds. The number of hydrogen-bond donors (Lipinski definition) is 0. The lowest BCUT2D eigenvalue weighted by molar-refractivity contribution is -0.130. The van der Waals surface area contributed by atoms with E-state index < -0.39 is 0 Å². The van der Waals surface area contributed by atoms with Gasteiger partial charge in [0.15, 0.2) is 5.82 Å². The highest BCUT2D eigenvalue weighted by Gasteiger charge is 2.23. The SMILES string of the molecule is Cc1cc(C)n(-c2cc(N3CCN(C(=O)Cc4ccc(F)cc4)CC3)nc(C)n2)n1. The van der Waals surface area contributed by atoms with Crippen LogP contribution in [0.5, 0.6) is 0 Å². The fourth-order valence-electron chi connectivity index (χ4n) is 3.74. The second kappa shape index (κ2) is 8.22. The molecule has 156 valence electrons. The van der Waals surface area contributed by atoms with Crippen LogP contribution in [-0.2, 0) is 11.2 Å². The third-order valence-corrected chi connectivity index (χ3v) is 5.26. The molecule has 0 N–H and O–H groups in total. The van der Waals surface area contributed by atoms with Gasteiger partial charge >= 0.3 is 0 Å². The van der Waals surface area contributed by atoms with Gasteiger partial charge in [0.1, 0.15) is 17.5 Å². The molecule has 1 saturated heterocycles. The molecule has 30 heavy (non-hydrogen) atoms. The summed E-state index contributed by atoms with van der Waals surface area (Å²) in [6, 6.07) is 10.1. The van der Waals surface area contributed by atoms with Crippen molar-refractivity contribution in [1.29, 1.82) is 0 Å². The van der Waals surface area contributed by atoms with Crippen molar-refractivity contribution in [3.05, 3.63) is 65.0 Å². The van der Waals surface area contributed by atoms with E-state index in [1.807, 2.05) is 42.5 Å². The number of hydrogen-bond acceptors (Lipinski definition) is 5. The number of halogens is 1. The van der Waals surface area contributed by atoms with E-state index in [4.69, 9.17) is 0 Å². The Morgan fingerprint density at radius 2 is 1.63 bits per heavy atom. The van der Waals surface area contributed by atoms with E-state index in [1.165, 1.54) is 12.1 Å². The van der Waals surface area contributed by atoms with E-state index in [0.29, 0.717) is 32.0 Å². The highest BCUT2D eigenvalue weighted by molar-refractivity contribution is 5.79. The monoisotopic (exact) mass is 408 g/mol. The number of benzene rings is 1. The maximum absolute atomic E-state index is 13.1. The van der Waals surface area contributed by atoms with Crippen LogP contribution in [0.15, 0.2) is 36.4 Å². The number of aromatic nitrogens is 4. The molecule has 0 aliphatic carbocycles. The molecule has 1 aliphatic heterocycles. The molecular weight excluding hydrogens is 383 g/mol. The van der Waals surface area contributed by atoms with E-state index in [-0.39, 0.29) is 18.1 Å². The van der Waals surface area contributed by atoms with Crippen LogP contribution >= 0.6 is 0 Å². The number of carbonyl (C=O) groups is 1. The molecule has 0 radical (unpaired) electrons. The molecule has 0 spiro atoms. The fourth-order valence-corrected chi connectivity index (χ4v) is 3.74. The number of aryl methyl sites for hydroxylation is 3. The lowest BCUT2D eigenvalue weighted by Crippen LogP contribution is -2.49. The Hall–Kier alpha value is -3.29. The minimum Gasteiger partial charge on any atom is -0.353 e. The summed E-state index contributed by atoms with van der Waals surface area (Å²) in [7, 11) is 0. The number of rotatable bonds is 4. The number of piperazine rings is 1. The summed E-state index contributed by atoms with van der Waals surface area (Å²) in [6.45, 7) is 8.48. The zero-order valence-corrected chi connectivity index (χ0v) is 17.5. The molecule has 1 aromatic carbocycles. The Labute approximate surface area is 175 Å². The first-order chi connectivity index (χ1) is 14.4. The van der Waals surface area contributed by atoms with E-state index in [9.17, 15) is 9.18 Å². The van der Waals surface area contributed by atoms with Gasteiger partial charge < -0.3 is 9.80 Å². The van der Waals surface area contributed by atoms with Crippen LogP contribution in [0.3, 0.4) is 0 Å². The summed E-state index contributed by atoms with van der Waals surface area (Å²) < 4.78 is 14.9. The summed E-state index contributed by atoms with van der Waals surface area (Å²) in [5, 5.41) is 4.52. The van der Waals surface area contributed by atoms with Crippen molar-refractivity contribution >= 4 is 11.7 Å². The van der Waals surface area contributed by atoms with Crippen molar-refractivity contribution in [2.75, 3.05) is 31.1 Å². The molecule has 1 fully saturated rings. The van der Waals surface area contributed by atoms with E-state index in [0.717, 1.165) is 28.6 Å². The molecule has 7 nitrogen and oxygen atoms in total. The average Bonchev–Trinajstić information content (AvgIpc) is 3.07. The Morgan fingerprint density at radius 3 is 2.27 bits per heavy atom. The third kappa shape index (κ3) is 4.32. The minimum atomic E-state index is -0.292. The van der Waals surface area contributed by atoms with Crippen molar-refractivity contribution in [2.45, 2.75) is 27.2 Å². The normalized spacial score (nSPS) is 14.3. The smallest absolute Gasteiger partial charge is 0.227 e. The summed E-state index contributed by atoms with van der Waals surface area (Å²) in [5.41, 5.74) is 2.79. The van der Waals surface area contributed by atoms with E-state index >= 15 is 0 Å². The van der Waals surface area contributed by atoms with Crippen LogP contribution in [0.4, 0.5) is 10.2 Å². The molecule has 0 unspecified atom stereocenters. The largest absolute Gasteiger partial charge is 0.353 e. The van der Waals surface area contributed by atoms with Gasteiger partial charge in [-0.1, -0.05) is 12.1 Å². The van der Waals surface area contributed by atoms with Crippen molar-refractivity contribution < 1.29 is 9.18 Å². The molecular formula is C22H25FN6O. The average molecular weight is 408 g/mol. The lowest BCUT2D eigenvalue weighted by atomic mass is 10.1. The van der Waals surface area contributed by atoms with Gasteiger partial charge in [-0.25, -0.2) is 19.0 Å². The zero-order chi connectivity index (χ0) is 21.3. The van der Waals surface area contributed by atoms with Crippen LogP contribution in [0.1, 0.15) is 22.8 Å². The van der Waals surface area contributed by atoms with Crippen molar-refractivity contribution in [1.82, 2.24) is 24.6 Å². The molecule has 0 atom stereocenters. The molecule has 8 heteroatoms. The van der Waals surface area contributed by atoms with Gasteiger partial charge in [0.05, 0.1) is 12.1 Å². The van der Waals surface area contributed by atoms with E-state index in [1.54, 1.807) is 12.1 Å². The van der Waals surface area contributed by atoms with Crippen LogP contribution in [0, 0.1) is 26.6 Å². The third-order valence-electron chi connectivity index (χ3n) is 5.26. The van der Waals surface area contributed by atoms with Crippen molar-refractivity contribution in [3.8, 4) is 5.82 Å². The van der Waals surface area contributed by atoms with Crippen LogP contribution < -0.4 is 4.90 Å². The first-order valence-corrected chi connectivity index (χ1v) is 10.1. The van der Waals surface area contributed by atoms with Gasteiger partial charge in [-0.15, -0.1) is 0 Å². The Balaban J connectivity index is 1.43. The summed E-state index contributed by atoms with van der Waals surface area (Å²) in [4.78, 5) is 25.8. The maximum atomic E-state index is 13.1. The maximum Gasteiger partial charge on any atom is 0.227 e. The zero-order valence-electron chi connectivity index (χ0n) is 17.5. The van der Waals surface area contributed by atoms with Gasteiger partial charge in [-0.05, 0) is 44.5 Å². The number of amides is 1. The summed E-state index contributed by atoms with van der Waals surface area (Å²) in [5.74, 6) is 2.04. The Bertz CT molecular complexity index is 1050. The quantitative estimate of drug-likeness (QED) is 0.664. The molecule has 3 heterocycles. The Kier molecular flexibility index (Phi) is 5.48. The highest BCUT2D eigenvalue weighted by atomic mass is 19.1. The molecule has 0 bridgehead atoms. The van der Waals surface area contributed by atoms with E-state index in [2.05, 4.69) is 20.0 Å². The second-order valence-corrected chi connectivity index (χ2v) is 7.64. The molecule has 1 aliphatic rings. The van der Waals surface area contributed by atoms with Gasteiger partial charge in [0, 0.05) is 37.9 Å². The van der Waals surface area contributed by atoms with Crippen LogP contribution in [-0.4, -0.2) is 56.7 Å². The number of carbonyl (C=O) groups excluding carboxylic acids is 1. The molecule has 2 aromatic heterocycles. The lowest BCUT2D eigenvalue weighted by Gasteiger charge is -2.35. The number of nitrogens with zero attached hydrogens (tertiary/aromatic N) is 6. The number of anilines is 1.